The standard InChI is InChI=1S/C10H10.C2H6.CH4O/c1-3-9-7-5-6-8-10(9)4-2;2*1-2/h3-8H,1-2H2;1-2H3;2H,1H3. The highest BCUT2D eigenvalue weighted by Gasteiger charge is 1.89. The summed E-state index contributed by atoms with van der Waals surface area (Å²) in [5.74, 6) is 0. The number of hydrogen-bond acceptors (Lipinski definition) is 1. The number of rotatable bonds is 2. The molecule has 78 valence electrons. The van der Waals surface area contributed by atoms with Crippen LogP contribution in [0.25, 0.3) is 12.2 Å². The Morgan fingerprint density at radius 3 is 1.43 bits per heavy atom. The first-order valence-corrected chi connectivity index (χ1v) is 4.67. The molecular weight excluding hydrogens is 172 g/mol. The molecule has 0 aromatic heterocycles. The molecule has 1 aromatic carbocycles. The molecule has 0 aliphatic carbocycles. The van der Waals surface area contributed by atoms with Gasteiger partial charge in [0.05, 0.1) is 0 Å². The van der Waals surface area contributed by atoms with Crippen molar-refractivity contribution in [3.8, 4) is 0 Å². The van der Waals surface area contributed by atoms with Crippen LogP contribution in [-0.2, 0) is 0 Å². The van der Waals surface area contributed by atoms with Crippen molar-refractivity contribution >= 4 is 12.2 Å². The largest absolute Gasteiger partial charge is 0.400 e. The fourth-order valence-electron chi connectivity index (χ4n) is 0.883. The Hall–Kier alpha value is -1.34. The average molecular weight is 192 g/mol. The van der Waals surface area contributed by atoms with E-state index in [4.69, 9.17) is 5.11 Å². The lowest BCUT2D eigenvalue weighted by atomic mass is 10.1. The monoisotopic (exact) mass is 192 g/mol. The Morgan fingerprint density at radius 1 is 0.929 bits per heavy atom. The van der Waals surface area contributed by atoms with Crippen molar-refractivity contribution in [1.82, 2.24) is 0 Å². The van der Waals surface area contributed by atoms with Gasteiger partial charge in [0.15, 0.2) is 0 Å². The van der Waals surface area contributed by atoms with E-state index < -0.39 is 0 Å². The first-order chi connectivity index (χ1) is 6.88. The van der Waals surface area contributed by atoms with Crippen molar-refractivity contribution in [1.29, 1.82) is 0 Å². The third-order valence-corrected chi connectivity index (χ3v) is 1.44. The molecule has 0 saturated carbocycles. The summed E-state index contributed by atoms with van der Waals surface area (Å²) in [6.07, 6.45) is 3.66. The second-order valence-corrected chi connectivity index (χ2v) is 2.04. The van der Waals surface area contributed by atoms with Crippen LogP contribution in [0.2, 0.25) is 0 Å². The Balaban J connectivity index is 0. The molecule has 0 radical (unpaired) electrons. The SMILES string of the molecule is C=Cc1ccccc1C=C.CC.CO. The molecular formula is C13H20O. The van der Waals surface area contributed by atoms with Gasteiger partial charge in [0, 0.05) is 7.11 Å². The molecule has 0 fully saturated rings. The quantitative estimate of drug-likeness (QED) is 0.759. The van der Waals surface area contributed by atoms with E-state index in [0.29, 0.717) is 0 Å². The molecule has 0 heterocycles. The number of hydrogen-bond donors (Lipinski definition) is 1. The van der Waals surface area contributed by atoms with E-state index in [2.05, 4.69) is 13.2 Å². The number of benzene rings is 1. The third kappa shape index (κ3) is 5.33. The minimum Gasteiger partial charge on any atom is -0.400 e. The Morgan fingerprint density at radius 2 is 1.21 bits per heavy atom. The number of aliphatic hydroxyl groups excluding tert-OH is 1. The van der Waals surface area contributed by atoms with Crippen molar-refractivity contribution in [3.63, 3.8) is 0 Å². The van der Waals surface area contributed by atoms with E-state index in [0.717, 1.165) is 18.2 Å². The van der Waals surface area contributed by atoms with Gasteiger partial charge in [0.2, 0.25) is 0 Å². The predicted octanol–water partition coefficient (Wildman–Crippen LogP) is 3.61. The van der Waals surface area contributed by atoms with E-state index in [9.17, 15) is 0 Å². The topological polar surface area (TPSA) is 20.2 Å². The summed E-state index contributed by atoms with van der Waals surface area (Å²) in [5, 5.41) is 7.00. The van der Waals surface area contributed by atoms with Crippen LogP contribution in [0.1, 0.15) is 25.0 Å². The first-order valence-electron chi connectivity index (χ1n) is 4.67. The van der Waals surface area contributed by atoms with Crippen LogP contribution in [0.4, 0.5) is 0 Å². The summed E-state index contributed by atoms with van der Waals surface area (Å²) in [7, 11) is 1.00. The highest BCUT2D eigenvalue weighted by Crippen LogP contribution is 2.10. The van der Waals surface area contributed by atoms with Crippen LogP contribution < -0.4 is 0 Å². The summed E-state index contributed by atoms with van der Waals surface area (Å²) >= 11 is 0. The van der Waals surface area contributed by atoms with Crippen LogP contribution >= 0.6 is 0 Å². The second kappa shape index (κ2) is 11.7. The van der Waals surface area contributed by atoms with E-state index in [1.807, 2.05) is 50.3 Å². The molecule has 1 N–H and O–H groups in total. The molecule has 1 aromatic rings. The summed E-state index contributed by atoms with van der Waals surface area (Å²) in [6, 6.07) is 8.02. The van der Waals surface area contributed by atoms with Gasteiger partial charge in [0.25, 0.3) is 0 Å². The van der Waals surface area contributed by atoms with Gasteiger partial charge < -0.3 is 5.11 Å². The van der Waals surface area contributed by atoms with Gasteiger partial charge in [-0.15, -0.1) is 0 Å². The maximum absolute atomic E-state index is 7.00. The van der Waals surface area contributed by atoms with E-state index in [-0.39, 0.29) is 0 Å². The highest BCUT2D eigenvalue weighted by atomic mass is 16.2. The lowest BCUT2D eigenvalue weighted by molar-refractivity contribution is 0.399. The van der Waals surface area contributed by atoms with Crippen molar-refractivity contribution in [3.05, 3.63) is 48.6 Å². The average Bonchev–Trinajstić information content (AvgIpc) is 2.34. The van der Waals surface area contributed by atoms with Crippen LogP contribution in [0.3, 0.4) is 0 Å². The van der Waals surface area contributed by atoms with Gasteiger partial charge in [-0.1, -0.05) is 63.4 Å². The fourth-order valence-corrected chi connectivity index (χ4v) is 0.883. The van der Waals surface area contributed by atoms with Gasteiger partial charge in [0.1, 0.15) is 0 Å². The van der Waals surface area contributed by atoms with Gasteiger partial charge in [-0.2, -0.15) is 0 Å². The molecule has 0 atom stereocenters. The highest BCUT2D eigenvalue weighted by molar-refractivity contribution is 5.63. The molecule has 0 aliphatic rings. The van der Waals surface area contributed by atoms with Gasteiger partial charge >= 0.3 is 0 Å². The van der Waals surface area contributed by atoms with Crippen LogP contribution in [-0.4, -0.2) is 12.2 Å². The summed E-state index contributed by atoms with van der Waals surface area (Å²) in [5.41, 5.74) is 2.27. The van der Waals surface area contributed by atoms with Crippen LogP contribution in [0, 0.1) is 0 Å². The lowest BCUT2D eigenvalue weighted by Gasteiger charge is -1.96. The second-order valence-electron chi connectivity index (χ2n) is 2.04. The molecule has 0 amide bonds. The zero-order valence-electron chi connectivity index (χ0n) is 9.33. The summed E-state index contributed by atoms with van der Waals surface area (Å²) in [4.78, 5) is 0. The normalized spacial score (nSPS) is 7.14. The maximum atomic E-state index is 7.00. The Labute approximate surface area is 87.4 Å². The Bertz CT molecular complexity index is 224. The van der Waals surface area contributed by atoms with Gasteiger partial charge in [-0.05, 0) is 11.1 Å². The van der Waals surface area contributed by atoms with Gasteiger partial charge in [-0.3, -0.25) is 0 Å². The summed E-state index contributed by atoms with van der Waals surface area (Å²) in [6.45, 7) is 11.4. The van der Waals surface area contributed by atoms with Crippen molar-refractivity contribution in [2.45, 2.75) is 13.8 Å². The minimum absolute atomic E-state index is 1.00. The molecule has 1 rings (SSSR count). The molecule has 0 bridgehead atoms. The van der Waals surface area contributed by atoms with Crippen LogP contribution in [0.5, 0.6) is 0 Å². The third-order valence-electron chi connectivity index (χ3n) is 1.44. The Kier molecular flexibility index (Phi) is 12.6. The van der Waals surface area contributed by atoms with Crippen LogP contribution in [0.15, 0.2) is 37.4 Å². The van der Waals surface area contributed by atoms with E-state index >= 15 is 0 Å². The molecule has 0 spiro atoms. The van der Waals surface area contributed by atoms with Crippen molar-refractivity contribution in [2.75, 3.05) is 7.11 Å². The molecule has 1 nitrogen and oxygen atoms in total. The van der Waals surface area contributed by atoms with Gasteiger partial charge in [-0.25, -0.2) is 0 Å². The zero-order chi connectivity index (χ0) is 11.4. The smallest absolute Gasteiger partial charge is 0.0319 e. The molecule has 1 heteroatoms. The predicted molar refractivity (Wildman–Crippen MR) is 66.1 cm³/mol. The maximum Gasteiger partial charge on any atom is 0.0319 e. The summed E-state index contributed by atoms with van der Waals surface area (Å²) < 4.78 is 0. The lowest BCUT2D eigenvalue weighted by Crippen LogP contribution is -1.76. The minimum atomic E-state index is 1.00. The van der Waals surface area contributed by atoms with Crippen molar-refractivity contribution in [2.24, 2.45) is 0 Å². The molecule has 0 aliphatic heterocycles. The van der Waals surface area contributed by atoms with E-state index in [1.54, 1.807) is 0 Å². The number of aliphatic hydroxyl groups is 1. The van der Waals surface area contributed by atoms with E-state index in [1.165, 1.54) is 0 Å². The zero-order valence-corrected chi connectivity index (χ0v) is 9.33. The first kappa shape index (κ1) is 15.1. The van der Waals surface area contributed by atoms with Crippen molar-refractivity contribution < 1.29 is 5.11 Å². The fraction of sp³-hybridized carbons (Fsp3) is 0.231. The molecule has 0 saturated heterocycles. The molecule has 14 heavy (non-hydrogen) atoms. The molecule has 0 unspecified atom stereocenters.